The van der Waals surface area contributed by atoms with E-state index in [0.29, 0.717) is 0 Å². The van der Waals surface area contributed by atoms with E-state index in [-0.39, 0.29) is 5.82 Å². The Labute approximate surface area is 121 Å². The molecule has 0 atom stereocenters. The molecule has 21 heavy (non-hydrogen) atoms. The van der Waals surface area contributed by atoms with Crippen LogP contribution in [0.4, 0.5) is 4.39 Å². The molecule has 0 radical (unpaired) electrons. The van der Waals surface area contributed by atoms with Crippen molar-refractivity contribution in [3.63, 3.8) is 0 Å². The topological polar surface area (TPSA) is 33.6 Å². The van der Waals surface area contributed by atoms with Crippen molar-refractivity contribution in [2.24, 2.45) is 0 Å². The van der Waals surface area contributed by atoms with E-state index in [0.717, 1.165) is 40.5 Å². The average molecular weight is 279 g/mol. The largest absolute Gasteiger partial charge is 0.361 e. The summed E-state index contributed by atoms with van der Waals surface area (Å²) in [6.07, 6.45) is 4.66. The summed E-state index contributed by atoms with van der Waals surface area (Å²) < 4.78 is 15.5. The molecule has 1 N–H and O–H groups in total. The Hall–Kier alpha value is -2.62. The third-order valence-corrected chi connectivity index (χ3v) is 3.88. The summed E-state index contributed by atoms with van der Waals surface area (Å²) in [4.78, 5) is 7.58. The van der Waals surface area contributed by atoms with Gasteiger partial charge in [0.25, 0.3) is 0 Å². The van der Waals surface area contributed by atoms with E-state index < -0.39 is 0 Å². The molecule has 0 spiro atoms. The maximum Gasteiger partial charge on any atom is 0.123 e. The van der Waals surface area contributed by atoms with Gasteiger partial charge in [0, 0.05) is 23.6 Å². The number of nitrogens with one attached hydrogen (secondary N) is 1. The summed E-state index contributed by atoms with van der Waals surface area (Å²) in [5.74, 6) is -0.198. The van der Waals surface area contributed by atoms with Crippen LogP contribution in [0.1, 0.15) is 5.56 Å². The molecule has 2 aromatic heterocycles. The van der Waals surface area contributed by atoms with Crippen molar-refractivity contribution in [1.29, 1.82) is 0 Å². The molecule has 3 nitrogen and oxygen atoms in total. The van der Waals surface area contributed by atoms with E-state index in [1.54, 1.807) is 12.1 Å². The molecule has 0 aliphatic carbocycles. The fourth-order valence-electron chi connectivity index (χ4n) is 2.79. The number of imidazole rings is 1. The molecule has 0 saturated carbocycles. The minimum absolute atomic E-state index is 0.198. The lowest BCUT2D eigenvalue weighted by Gasteiger charge is -2.04. The fourth-order valence-corrected chi connectivity index (χ4v) is 2.79. The van der Waals surface area contributed by atoms with E-state index in [4.69, 9.17) is 0 Å². The maximum atomic E-state index is 13.4. The van der Waals surface area contributed by atoms with E-state index in [9.17, 15) is 4.39 Å². The van der Waals surface area contributed by atoms with Crippen LogP contribution in [0.15, 0.2) is 55.0 Å². The minimum Gasteiger partial charge on any atom is -0.361 e. The Kier molecular flexibility index (Phi) is 2.74. The summed E-state index contributed by atoms with van der Waals surface area (Å²) in [7, 11) is 0. The quantitative estimate of drug-likeness (QED) is 0.606. The van der Waals surface area contributed by atoms with Crippen molar-refractivity contribution >= 4 is 21.9 Å². The second-order valence-corrected chi connectivity index (χ2v) is 5.18. The SMILES string of the molecule is Fc1ccc2[nH]cc(CCn3cnc4ccccc43)c2c1. The van der Waals surface area contributed by atoms with Gasteiger partial charge in [0.15, 0.2) is 0 Å². The molecule has 0 bridgehead atoms. The van der Waals surface area contributed by atoms with Crippen LogP contribution in [0.3, 0.4) is 0 Å². The number of nitrogens with zero attached hydrogens (tertiary/aromatic N) is 2. The monoisotopic (exact) mass is 279 g/mol. The molecule has 0 saturated heterocycles. The number of hydrogen-bond donors (Lipinski definition) is 1. The molecular weight excluding hydrogens is 265 g/mol. The molecule has 0 aliphatic heterocycles. The van der Waals surface area contributed by atoms with Crippen molar-refractivity contribution in [3.05, 3.63) is 66.4 Å². The first-order valence-electron chi connectivity index (χ1n) is 6.97. The summed E-state index contributed by atoms with van der Waals surface area (Å²) in [5, 5.41) is 0.958. The number of para-hydroxylation sites is 2. The fraction of sp³-hybridized carbons (Fsp3) is 0.118. The molecule has 0 amide bonds. The number of fused-ring (bicyclic) bond motifs is 2. The number of benzene rings is 2. The lowest BCUT2D eigenvalue weighted by molar-refractivity contribution is 0.629. The Morgan fingerprint density at radius 2 is 2.05 bits per heavy atom. The van der Waals surface area contributed by atoms with Crippen molar-refractivity contribution in [2.75, 3.05) is 0 Å². The van der Waals surface area contributed by atoms with Crippen LogP contribution in [0.25, 0.3) is 21.9 Å². The zero-order valence-electron chi connectivity index (χ0n) is 11.4. The van der Waals surface area contributed by atoms with Gasteiger partial charge in [-0.1, -0.05) is 12.1 Å². The van der Waals surface area contributed by atoms with E-state index in [2.05, 4.69) is 20.6 Å². The number of aromatic amines is 1. The Morgan fingerprint density at radius 1 is 1.14 bits per heavy atom. The number of aromatic nitrogens is 3. The number of halogens is 1. The van der Waals surface area contributed by atoms with Crippen LogP contribution in [-0.4, -0.2) is 14.5 Å². The predicted molar refractivity (Wildman–Crippen MR) is 81.7 cm³/mol. The standard InChI is InChI=1S/C17H14FN3/c18-13-5-6-15-14(9-13)12(10-19-15)7-8-21-11-20-16-3-1-2-4-17(16)21/h1-6,9-11,19H,7-8H2. The van der Waals surface area contributed by atoms with Crippen LogP contribution in [0.2, 0.25) is 0 Å². The number of hydrogen-bond acceptors (Lipinski definition) is 1. The van der Waals surface area contributed by atoms with Gasteiger partial charge in [-0.3, -0.25) is 0 Å². The van der Waals surface area contributed by atoms with Gasteiger partial charge in [-0.25, -0.2) is 9.37 Å². The van der Waals surface area contributed by atoms with Gasteiger partial charge in [0.05, 0.1) is 17.4 Å². The van der Waals surface area contributed by atoms with Crippen molar-refractivity contribution in [1.82, 2.24) is 14.5 Å². The Morgan fingerprint density at radius 3 is 3.00 bits per heavy atom. The zero-order chi connectivity index (χ0) is 14.2. The average Bonchev–Trinajstić information content (AvgIpc) is 3.09. The third-order valence-electron chi connectivity index (χ3n) is 3.88. The highest BCUT2D eigenvalue weighted by atomic mass is 19.1. The second kappa shape index (κ2) is 4.74. The van der Waals surface area contributed by atoms with Gasteiger partial charge in [-0.2, -0.15) is 0 Å². The molecule has 4 aromatic rings. The second-order valence-electron chi connectivity index (χ2n) is 5.18. The van der Waals surface area contributed by atoms with Gasteiger partial charge in [-0.05, 0) is 42.3 Å². The zero-order valence-corrected chi connectivity index (χ0v) is 11.4. The van der Waals surface area contributed by atoms with E-state index in [1.165, 1.54) is 6.07 Å². The normalized spacial score (nSPS) is 11.5. The summed E-state index contributed by atoms with van der Waals surface area (Å²) in [6, 6.07) is 12.9. The summed E-state index contributed by atoms with van der Waals surface area (Å²) in [6.45, 7) is 0.823. The Balaban J connectivity index is 1.65. The first-order chi connectivity index (χ1) is 10.3. The first kappa shape index (κ1) is 12.1. The molecule has 2 heterocycles. The van der Waals surface area contributed by atoms with Gasteiger partial charge in [0.1, 0.15) is 5.82 Å². The van der Waals surface area contributed by atoms with E-state index in [1.807, 2.05) is 30.7 Å². The van der Waals surface area contributed by atoms with Gasteiger partial charge in [0.2, 0.25) is 0 Å². The highest BCUT2D eigenvalue weighted by Gasteiger charge is 2.06. The maximum absolute atomic E-state index is 13.4. The first-order valence-corrected chi connectivity index (χ1v) is 6.97. The van der Waals surface area contributed by atoms with Crippen molar-refractivity contribution in [3.8, 4) is 0 Å². The van der Waals surface area contributed by atoms with Crippen molar-refractivity contribution in [2.45, 2.75) is 13.0 Å². The molecule has 0 fully saturated rings. The van der Waals surface area contributed by atoms with Crippen molar-refractivity contribution < 1.29 is 4.39 Å². The molecule has 2 aromatic carbocycles. The van der Waals surface area contributed by atoms with Crippen LogP contribution in [0.5, 0.6) is 0 Å². The van der Waals surface area contributed by atoms with Gasteiger partial charge >= 0.3 is 0 Å². The number of rotatable bonds is 3. The predicted octanol–water partition coefficient (Wildman–Crippen LogP) is 3.90. The minimum atomic E-state index is -0.198. The molecule has 0 unspecified atom stereocenters. The van der Waals surface area contributed by atoms with Gasteiger partial charge in [-0.15, -0.1) is 0 Å². The molecular formula is C17H14FN3. The third kappa shape index (κ3) is 2.09. The number of H-pyrrole nitrogens is 1. The van der Waals surface area contributed by atoms with Crippen LogP contribution in [0, 0.1) is 5.82 Å². The number of aryl methyl sites for hydroxylation is 2. The highest BCUT2D eigenvalue weighted by Crippen LogP contribution is 2.21. The summed E-state index contributed by atoms with van der Waals surface area (Å²) >= 11 is 0. The molecule has 104 valence electrons. The smallest absolute Gasteiger partial charge is 0.123 e. The molecule has 0 aliphatic rings. The van der Waals surface area contributed by atoms with Crippen LogP contribution in [-0.2, 0) is 13.0 Å². The molecule has 4 rings (SSSR count). The van der Waals surface area contributed by atoms with E-state index >= 15 is 0 Å². The van der Waals surface area contributed by atoms with Gasteiger partial charge < -0.3 is 9.55 Å². The van der Waals surface area contributed by atoms with Crippen LogP contribution >= 0.6 is 0 Å². The summed E-state index contributed by atoms with van der Waals surface area (Å²) in [5.41, 5.74) is 4.23. The Bertz CT molecular complexity index is 920. The molecule has 4 heteroatoms. The lowest BCUT2D eigenvalue weighted by atomic mass is 10.1. The highest BCUT2D eigenvalue weighted by molar-refractivity contribution is 5.83. The van der Waals surface area contributed by atoms with Crippen LogP contribution < -0.4 is 0 Å². The lowest BCUT2D eigenvalue weighted by Crippen LogP contribution is -1.99.